The van der Waals surface area contributed by atoms with Gasteiger partial charge in [-0.05, 0) is 59.9 Å². The topological polar surface area (TPSA) is 89.5 Å². The fourth-order valence-electron chi connectivity index (χ4n) is 4.70. The Morgan fingerprint density at radius 2 is 1.16 bits per heavy atom. The lowest BCUT2D eigenvalue weighted by molar-refractivity contribution is -0.139. The van der Waals surface area contributed by atoms with Crippen LogP contribution in [0.2, 0.25) is 0 Å². The molecule has 0 radical (unpaired) electrons. The highest BCUT2D eigenvalue weighted by molar-refractivity contribution is 5.81. The fraction of sp³-hybridized carbons (Fsp3) is 0.317. The van der Waals surface area contributed by atoms with E-state index in [0.717, 1.165) is 65.2 Å². The van der Waals surface area contributed by atoms with Gasteiger partial charge in [0, 0.05) is 23.3 Å². The number of hydrogen-bond donors (Lipinski definition) is 0. The Hall–Kier alpha value is -5.24. The molecule has 3 aromatic carbocycles. The second-order valence-electron chi connectivity index (χ2n) is 11.1. The number of ether oxygens (including phenoxy) is 6. The van der Waals surface area contributed by atoms with Crippen LogP contribution < -0.4 is 18.9 Å². The van der Waals surface area contributed by atoms with Gasteiger partial charge in [0.25, 0.3) is 0 Å². The molecule has 0 bridgehead atoms. The molecule has 1 unspecified atom stereocenters. The van der Waals surface area contributed by atoms with E-state index in [9.17, 15) is 9.59 Å². The highest BCUT2D eigenvalue weighted by Gasteiger charge is 2.13. The van der Waals surface area contributed by atoms with Crippen LogP contribution >= 0.6 is 0 Å². The molecule has 0 aliphatic carbocycles. The molecule has 0 aromatic heterocycles. The van der Waals surface area contributed by atoms with Gasteiger partial charge < -0.3 is 28.4 Å². The summed E-state index contributed by atoms with van der Waals surface area (Å²) in [4.78, 5) is 22.4. The molecule has 0 aliphatic heterocycles. The summed E-state index contributed by atoms with van der Waals surface area (Å²) < 4.78 is 33.5. The molecular formula is C41H48O8. The number of unbranched alkanes of at least 4 members (excludes halogenated alkanes) is 1. The lowest BCUT2D eigenvalue weighted by Gasteiger charge is -2.18. The standard InChI is InChI=1S/C41H48O8/c1-6-10-11-31(7-2)30-49-39-29-34(18-12-32-14-20-36(21-15-32)45-24-26-47-40(42)8-3)38(44-5)28-35(39)19-13-33-16-22-37(23-17-33)46-25-27-48-41(43)9-4/h8-9,12-23,28-29,31H,3-4,6-7,10-11,24-27,30H2,1-2,5H3/b18-12+,19-13+. The third-order valence-electron chi connectivity index (χ3n) is 7.58. The molecule has 0 amide bonds. The van der Waals surface area contributed by atoms with Crippen LogP contribution in [-0.4, -0.2) is 52.1 Å². The molecule has 260 valence electrons. The Bertz CT molecular complexity index is 1540. The van der Waals surface area contributed by atoms with Crippen molar-refractivity contribution in [3.05, 3.63) is 108 Å². The summed E-state index contributed by atoms with van der Waals surface area (Å²) in [6, 6.07) is 19.3. The Morgan fingerprint density at radius 3 is 1.61 bits per heavy atom. The first kappa shape index (κ1) is 38.2. The van der Waals surface area contributed by atoms with E-state index in [-0.39, 0.29) is 26.4 Å². The zero-order valence-electron chi connectivity index (χ0n) is 28.9. The Labute approximate surface area is 290 Å². The maximum Gasteiger partial charge on any atom is 0.330 e. The SMILES string of the molecule is C=CC(=O)OCCOc1ccc(/C=C/c2cc(OCC(CC)CCCC)c(/C=C/c3ccc(OCCOC(=O)C=C)cc3)cc2OC)cc1. The lowest BCUT2D eigenvalue weighted by Crippen LogP contribution is -2.12. The van der Waals surface area contributed by atoms with Crippen LogP contribution in [0.3, 0.4) is 0 Å². The minimum atomic E-state index is -0.473. The van der Waals surface area contributed by atoms with E-state index in [2.05, 4.69) is 27.0 Å². The second-order valence-corrected chi connectivity index (χ2v) is 11.1. The number of hydrogen-bond acceptors (Lipinski definition) is 8. The van der Waals surface area contributed by atoms with Crippen molar-refractivity contribution in [3.63, 3.8) is 0 Å². The average molecular weight is 669 g/mol. The molecular weight excluding hydrogens is 620 g/mol. The number of esters is 2. The Balaban J connectivity index is 1.76. The predicted molar refractivity (Wildman–Crippen MR) is 196 cm³/mol. The van der Waals surface area contributed by atoms with Crippen molar-refractivity contribution in [2.75, 3.05) is 40.1 Å². The Kier molecular flexibility index (Phi) is 16.8. The van der Waals surface area contributed by atoms with E-state index in [4.69, 9.17) is 28.4 Å². The van der Waals surface area contributed by atoms with Crippen LogP contribution in [0.1, 0.15) is 61.8 Å². The summed E-state index contributed by atoms with van der Waals surface area (Å²) in [5.74, 6) is 2.38. The van der Waals surface area contributed by atoms with Gasteiger partial charge in [0.05, 0.1) is 13.7 Å². The van der Waals surface area contributed by atoms with Crippen molar-refractivity contribution >= 4 is 36.2 Å². The minimum Gasteiger partial charge on any atom is -0.496 e. The molecule has 0 N–H and O–H groups in total. The van der Waals surface area contributed by atoms with Crippen LogP contribution in [0.4, 0.5) is 0 Å². The molecule has 3 rings (SSSR count). The van der Waals surface area contributed by atoms with Gasteiger partial charge in [-0.15, -0.1) is 0 Å². The third kappa shape index (κ3) is 13.8. The number of benzene rings is 3. The maximum absolute atomic E-state index is 11.2. The summed E-state index contributed by atoms with van der Waals surface area (Å²) >= 11 is 0. The van der Waals surface area contributed by atoms with Gasteiger partial charge in [0.15, 0.2) is 0 Å². The highest BCUT2D eigenvalue weighted by Crippen LogP contribution is 2.33. The van der Waals surface area contributed by atoms with Crippen molar-refractivity contribution in [2.45, 2.75) is 39.5 Å². The lowest BCUT2D eigenvalue weighted by atomic mass is 10.0. The van der Waals surface area contributed by atoms with E-state index in [1.54, 1.807) is 7.11 Å². The molecule has 0 aliphatic rings. The third-order valence-corrected chi connectivity index (χ3v) is 7.58. The number of carbonyl (C=O) groups is 2. The van der Waals surface area contributed by atoms with Gasteiger partial charge in [-0.1, -0.05) is 94.8 Å². The molecule has 0 saturated heterocycles. The minimum absolute atomic E-state index is 0.152. The van der Waals surface area contributed by atoms with Gasteiger partial charge >= 0.3 is 11.9 Å². The van der Waals surface area contributed by atoms with E-state index in [0.29, 0.717) is 24.0 Å². The van der Waals surface area contributed by atoms with Crippen molar-refractivity contribution < 1.29 is 38.0 Å². The fourth-order valence-corrected chi connectivity index (χ4v) is 4.70. The van der Waals surface area contributed by atoms with Gasteiger partial charge in [0.1, 0.15) is 49.4 Å². The van der Waals surface area contributed by atoms with Gasteiger partial charge in [-0.2, -0.15) is 0 Å². The van der Waals surface area contributed by atoms with Crippen molar-refractivity contribution in [1.29, 1.82) is 0 Å². The van der Waals surface area contributed by atoms with Gasteiger partial charge in [-0.3, -0.25) is 0 Å². The first-order valence-corrected chi connectivity index (χ1v) is 16.6. The summed E-state index contributed by atoms with van der Waals surface area (Å²) in [5.41, 5.74) is 3.76. The van der Waals surface area contributed by atoms with Crippen LogP contribution in [0, 0.1) is 5.92 Å². The molecule has 0 spiro atoms. The first-order valence-electron chi connectivity index (χ1n) is 16.6. The average Bonchev–Trinajstić information content (AvgIpc) is 3.14. The summed E-state index contributed by atoms with van der Waals surface area (Å²) in [7, 11) is 1.66. The molecule has 0 fully saturated rings. The van der Waals surface area contributed by atoms with Gasteiger partial charge in [0.2, 0.25) is 0 Å². The predicted octanol–water partition coefficient (Wildman–Crippen LogP) is 8.85. The van der Waals surface area contributed by atoms with E-state index < -0.39 is 11.9 Å². The van der Waals surface area contributed by atoms with Crippen LogP contribution in [-0.2, 0) is 19.1 Å². The molecule has 0 heterocycles. The normalized spacial score (nSPS) is 11.6. The smallest absolute Gasteiger partial charge is 0.330 e. The Morgan fingerprint density at radius 1 is 0.673 bits per heavy atom. The molecule has 1 atom stereocenters. The molecule has 3 aromatic rings. The quantitative estimate of drug-likeness (QED) is 0.0454. The van der Waals surface area contributed by atoms with Crippen molar-refractivity contribution in [3.8, 4) is 23.0 Å². The molecule has 0 saturated carbocycles. The maximum atomic E-state index is 11.2. The van der Waals surface area contributed by atoms with E-state index >= 15 is 0 Å². The molecule has 49 heavy (non-hydrogen) atoms. The van der Waals surface area contributed by atoms with Crippen LogP contribution in [0.15, 0.2) is 86.0 Å². The van der Waals surface area contributed by atoms with Crippen molar-refractivity contribution in [1.82, 2.24) is 0 Å². The largest absolute Gasteiger partial charge is 0.496 e. The van der Waals surface area contributed by atoms with Crippen LogP contribution in [0.5, 0.6) is 23.0 Å². The second kappa shape index (κ2) is 21.6. The van der Waals surface area contributed by atoms with Gasteiger partial charge in [-0.25, -0.2) is 9.59 Å². The monoisotopic (exact) mass is 668 g/mol. The summed E-state index contributed by atoms with van der Waals surface area (Å²) in [6.07, 6.45) is 14.8. The highest BCUT2D eigenvalue weighted by atomic mass is 16.6. The first-order chi connectivity index (χ1) is 23.9. The number of methoxy groups -OCH3 is 1. The zero-order chi connectivity index (χ0) is 35.3. The summed E-state index contributed by atoms with van der Waals surface area (Å²) in [5, 5.41) is 0. The van der Waals surface area contributed by atoms with Crippen molar-refractivity contribution in [2.24, 2.45) is 5.92 Å². The van der Waals surface area contributed by atoms with E-state index in [1.165, 1.54) is 6.42 Å². The summed E-state index contributed by atoms with van der Waals surface area (Å²) in [6.45, 7) is 12.6. The number of rotatable bonds is 22. The van der Waals surface area contributed by atoms with Crippen LogP contribution in [0.25, 0.3) is 24.3 Å². The molecule has 8 nitrogen and oxygen atoms in total. The zero-order valence-corrected chi connectivity index (χ0v) is 28.9. The number of carbonyl (C=O) groups excluding carboxylic acids is 2. The molecule has 8 heteroatoms. The van der Waals surface area contributed by atoms with E-state index in [1.807, 2.05) is 85.0 Å².